The summed E-state index contributed by atoms with van der Waals surface area (Å²) in [6.07, 6.45) is 3.32. The molecule has 4 atom stereocenters. The normalized spacial score (nSPS) is 23.2. The van der Waals surface area contributed by atoms with Crippen molar-refractivity contribution in [3.63, 3.8) is 0 Å². The van der Waals surface area contributed by atoms with Crippen molar-refractivity contribution >= 4 is 81.8 Å². The topological polar surface area (TPSA) is 133 Å². The molecular formula is C26H30Cl4N8O2. The maximum Gasteiger partial charge on any atom is 0.248 e. The van der Waals surface area contributed by atoms with Gasteiger partial charge in [-0.1, -0.05) is 91.8 Å². The Hall–Kier alpha value is -2.79. The summed E-state index contributed by atoms with van der Waals surface area (Å²) >= 11 is 23.2. The van der Waals surface area contributed by atoms with Crippen LogP contribution in [0.15, 0.2) is 45.4 Å². The molecule has 1 aromatic carbocycles. The van der Waals surface area contributed by atoms with E-state index in [1.807, 2.05) is 58.9 Å². The van der Waals surface area contributed by atoms with E-state index in [1.54, 1.807) is 12.2 Å². The summed E-state index contributed by atoms with van der Waals surface area (Å²) in [5.74, 6) is -1.20. The number of rotatable bonds is 10. The number of allylic oxidation sites excluding steroid dienone is 2. The first kappa shape index (κ1) is 30.2. The van der Waals surface area contributed by atoms with Gasteiger partial charge in [-0.25, -0.2) is 0 Å². The highest BCUT2D eigenvalue weighted by Gasteiger charge is 2.61. The smallest absolute Gasteiger partial charge is 0.248 e. The van der Waals surface area contributed by atoms with Crippen LogP contribution in [0.3, 0.4) is 0 Å². The molecule has 0 radical (unpaired) electrons. The van der Waals surface area contributed by atoms with E-state index >= 15 is 0 Å². The minimum absolute atomic E-state index is 0.0390. The molecule has 0 spiro atoms. The molecule has 40 heavy (non-hydrogen) atoms. The average molecular weight is 628 g/mol. The molecule has 1 aromatic heterocycles. The van der Waals surface area contributed by atoms with Crippen molar-refractivity contribution in [2.24, 2.45) is 34.5 Å². The first-order chi connectivity index (χ1) is 18.7. The number of nitrogens with zero attached hydrogens (tertiary/aromatic N) is 3. The molecule has 1 heterocycles. The fraction of sp³-hybridized carbons (Fsp3) is 0.423. The van der Waals surface area contributed by atoms with Crippen molar-refractivity contribution in [3.8, 4) is 0 Å². The number of aryl methyl sites for hydroxylation is 1. The molecule has 2 aromatic rings. The van der Waals surface area contributed by atoms with Crippen LogP contribution in [0.25, 0.3) is 0 Å². The van der Waals surface area contributed by atoms with Crippen LogP contribution in [-0.2, 0) is 9.59 Å². The quantitative estimate of drug-likeness (QED) is 0.203. The molecular weight excluding hydrogens is 598 g/mol. The Bertz CT molecular complexity index is 1280. The van der Waals surface area contributed by atoms with Crippen LogP contribution in [0.5, 0.6) is 0 Å². The van der Waals surface area contributed by atoms with E-state index in [9.17, 15) is 9.59 Å². The molecule has 10 nitrogen and oxygen atoms in total. The minimum Gasteiger partial charge on any atom is -0.324 e. The Balaban J connectivity index is 1.48. The van der Waals surface area contributed by atoms with Gasteiger partial charge in [-0.2, -0.15) is 15.0 Å². The maximum absolute atomic E-state index is 12.9. The van der Waals surface area contributed by atoms with Crippen LogP contribution >= 0.6 is 46.4 Å². The lowest BCUT2D eigenvalue weighted by molar-refractivity contribution is -0.123. The Morgan fingerprint density at radius 2 is 1.12 bits per heavy atom. The molecule has 0 bridgehead atoms. The largest absolute Gasteiger partial charge is 0.324 e. The fourth-order valence-electron chi connectivity index (χ4n) is 4.95. The predicted molar refractivity (Wildman–Crippen MR) is 159 cm³/mol. The molecule has 5 N–H and O–H groups in total. The molecule has 2 aliphatic rings. The van der Waals surface area contributed by atoms with E-state index in [2.05, 4.69) is 42.0 Å². The van der Waals surface area contributed by atoms with Crippen molar-refractivity contribution in [2.45, 2.75) is 34.6 Å². The van der Waals surface area contributed by atoms with Gasteiger partial charge in [-0.15, -0.1) is 0 Å². The van der Waals surface area contributed by atoms with E-state index in [0.717, 1.165) is 11.3 Å². The lowest BCUT2D eigenvalue weighted by atomic mass is 10.1. The Labute approximate surface area is 252 Å². The summed E-state index contributed by atoms with van der Waals surface area (Å²) in [5.41, 5.74) is 12.0. The zero-order valence-corrected chi connectivity index (χ0v) is 25.5. The molecule has 4 rings (SSSR count). The zero-order chi connectivity index (χ0) is 29.4. The number of hydrogen-bond donors (Lipinski definition) is 5. The Kier molecular flexibility index (Phi) is 8.75. The van der Waals surface area contributed by atoms with Gasteiger partial charge in [0.05, 0.1) is 11.8 Å². The molecule has 2 aliphatic carbocycles. The number of amides is 2. The van der Waals surface area contributed by atoms with Gasteiger partial charge in [0.15, 0.2) is 0 Å². The van der Waals surface area contributed by atoms with E-state index in [4.69, 9.17) is 46.4 Å². The summed E-state index contributed by atoms with van der Waals surface area (Å²) in [4.78, 5) is 38.7. The van der Waals surface area contributed by atoms with Gasteiger partial charge < -0.3 is 5.32 Å². The predicted octanol–water partition coefficient (Wildman–Crippen LogP) is 5.99. The number of aromatic nitrogens is 3. The second-order valence-corrected chi connectivity index (χ2v) is 13.1. The number of benzene rings is 1. The van der Waals surface area contributed by atoms with E-state index < -0.39 is 0 Å². The monoisotopic (exact) mass is 626 g/mol. The minimum atomic E-state index is -0.346. The van der Waals surface area contributed by atoms with Gasteiger partial charge in [0.1, 0.15) is 8.98 Å². The average Bonchev–Trinajstić information content (AvgIpc) is 3.62. The van der Waals surface area contributed by atoms with Gasteiger partial charge in [-0.05, 0) is 53.9 Å². The Morgan fingerprint density at radius 1 is 0.725 bits per heavy atom. The van der Waals surface area contributed by atoms with Crippen LogP contribution in [0.4, 0.5) is 23.5 Å². The second-order valence-electron chi connectivity index (χ2n) is 11.1. The number of hydrogen-bond acceptors (Lipinski definition) is 8. The molecule has 2 saturated carbocycles. The molecule has 0 aliphatic heterocycles. The van der Waals surface area contributed by atoms with Gasteiger partial charge in [-0.3, -0.25) is 31.3 Å². The third kappa shape index (κ3) is 6.91. The summed E-state index contributed by atoms with van der Waals surface area (Å²) in [6, 6.07) is 7.62. The van der Waals surface area contributed by atoms with Crippen molar-refractivity contribution < 1.29 is 9.59 Å². The molecule has 214 valence electrons. The molecule has 14 heteroatoms. The number of carbonyl (C=O) groups is 2. The summed E-state index contributed by atoms with van der Waals surface area (Å²) < 4.78 is 0.233. The summed E-state index contributed by atoms with van der Waals surface area (Å²) in [7, 11) is 0. The molecule has 2 amide bonds. The molecule has 2 fully saturated rings. The Morgan fingerprint density at radius 3 is 1.52 bits per heavy atom. The number of anilines is 4. The molecule has 4 unspecified atom stereocenters. The van der Waals surface area contributed by atoms with Gasteiger partial charge in [0.25, 0.3) is 0 Å². The summed E-state index contributed by atoms with van der Waals surface area (Å²) in [5, 5.41) is 3.10. The van der Waals surface area contributed by atoms with Crippen LogP contribution < -0.4 is 27.0 Å². The van der Waals surface area contributed by atoms with Gasteiger partial charge >= 0.3 is 0 Å². The first-order valence-corrected chi connectivity index (χ1v) is 14.0. The van der Waals surface area contributed by atoms with Crippen molar-refractivity contribution in [2.75, 3.05) is 16.2 Å². The summed E-state index contributed by atoms with van der Waals surface area (Å²) in [6.45, 7) is 9.79. The maximum atomic E-state index is 12.9. The highest BCUT2D eigenvalue weighted by atomic mass is 35.5. The highest BCUT2D eigenvalue weighted by Crippen LogP contribution is 2.60. The van der Waals surface area contributed by atoms with Crippen LogP contribution in [-0.4, -0.2) is 26.8 Å². The first-order valence-electron chi connectivity index (χ1n) is 12.5. The van der Waals surface area contributed by atoms with Crippen LogP contribution in [0.1, 0.15) is 33.3 Å². The van der Waals surface area contributed by atoms with Crippen molar-refractivity contribution in [1.82, 2.24) is 25.8 Å². The lowest BCUT2D eigenvalue weighted by Crippen LogP contribution is -2.35. The SMILES string of the molecule is Cc1ccc(Nc2nc(NNC(=O)C3C(C=C(Cl)Cl)C3(C)C)nc(NNC(=O)C3C(C=C(Cl)Cl)C3(C)C)n2)cc1. The standard InChI is InChI=1S/C26H30Cl4N8O2/c1-12-6-8-13(9-7-12)31-22-32-23(37-35-20(39)18-14(10-16(27)28)25(18,2)3)34-24(33-22)38-36-21(40)19-15(11-17(29)30)26(19,4)5/h6-11,14-15,18-19H,1-5H3,(H,35,39)(H,36,40)(H3,31,32,33,34,37,38). The fourth-order valence-corrected chi connectivity index (χ4v) is 5.49. The van der Waals surface area contributed by atoms with E-state index in [1.165, 1.54) is 0 Å². The van der Waals surface area contributed by atoms with Crippen molar-refractivity contribution in [3.05, 3.63) is 51.0 Å². The molecule has 0 saturated heterocycles. The van der Waals surface area contributed by atoms with E-state index in [-0.39, 0.29) is 73.1 Å². The lowest BCUT2D eigenvalue weighted by Gasteiger charge is -2.13. The van der Waals surface area contributed by atoms with E-state index in [0.29, 0.717) is 0 Å². The third-order valence-corrected chi connectivity index (χ3v) is 8.04. The van der Waals surface area contributed by atoms with Gasteiger partial charge in [0, 0.05) is 5.69 Å². The number of nitrogens with one attached hydrogen (secondary N) is 5. The highest BCUT2D eigenvalue weighted by molar-refractivity contribution is 6.56. The van der Waals surface area contributed by atoms with Crippen LogP contribution in [0.2, 0.25) is 0 Å². The number of hydrazine groups is 2. The second kappa shape index (κ2) is 11.6. The third-order valence-electron chi connectivity index (χ3n) is 7.54. The van der Waals surface area contributed by atoms with Crippen molar-refractivity contribution in [1.29, 1.82) is 0 Å². The van der Waals surface area contributed by atoms with Gasteiger partial charge in [0.2, 0.25) is 29.7 Å². The number of carbonyl (C=O) groups excluding carboxylic acids is 2. The number of halogens is 4. The van der Waals surface area contributed by atoms with Crippen LogP contribution in [0, 0.1) is 41.4 Å². The zero-order valence-electron chi connectivity index (χ0n) is 22.4.